The van der Waals surface area contributed by atoms with Crippen molar-refractivity contribution in [2.75, 3.05) is 0 Å². The van der Waals surface area contributed by atoms with Gasteiger partial charge in [0.2, 0.25) is 0 Å². The molecule has 0 radical (unpaired) electrons. The highest BCUT2D eigenvalue weighted by molar-refractivity contribution is 5.37. The summed E-state index contributed by atoms with van der Waals surface area (Å²) in [5, 5.41) is 9.78. The molecule has 3 aliphatic rings. The molecular formula is C16H24O2. The zero-order valence-electron chi connectivity index (χ0n) is 11.2. The predicted octanol–water partition coefficient (Wildman–Crippen LogP) is 4.83. The van der Waals surface area contributed by atoms with Crippen molar-refractivity contribution in [3.05, 3.63) is 23.4 Å². The van der Waals surface area contributed by atoms with Crippen LogP contribution in [0.25, 0.3) is 0 Å². The first-order valence-electron chi connectivity index (χ1n) is 7.68. The van der Waals surface area contributed by atoms with Crippen LogP contribution in [0, 0.1) is 11.8 Å². The molecule has 1 aliphatic heterocycles. The van der Waals surface area contributed by atoms with Gasteiger partial charge in [0.1, 0.15) is 5.76 Å². The number of allylic oxidation sites excluding steroid dienone is 2. The molecule has 2 aliphatic carbocycles. The van der Waals surface area contributed by atoms with Crippen molar-refractivity contribution in [1.82, 2.24) is 0 Å². The van der Waals surface area contributed by atoms with E-state index in [0.717, 1.165) is 11.3 Å². The van der Waals surface area contributed by atoms with Gasteiger partial charge in [0, 0.05) is 0 Å². The Bertz CT molecular complexity index is 355. The minimum atomic E-state index is 0.212. The lowest BCUT2D eigenvalue weighted by molar-refractivity contribution is 0.0881. The van der Waals surface area contributed by atoms with E-state index in [1.54, 1.807) is 0 Å². The van der Waals surface area contributed by atoms with Crippen LogP contribution in [-0.4, -0.2) is 5.11 Å². The van der Waals surface area contributed by atoms with E-state index in [0.29, 0.717) is 11.8 Å². The van der Waals surface area contributed by atoms with Crippen molar-refractivity contribution in [2.45, 2.75) is 64.2 Å². The Morgan fingerprint density at radius 3 is 2.11 bits per heavy atom. The van der Waals surface area contributed by atoms with Crippen molar-refractivity contribution < 1.29 is 9.84 Å². The normalized spacial score (nSPS) is 29.2. The van der Waals surface area contributed by atoms with E-state index in [4.69, 9.17) is 4.74 Å². The standard InChI is InChI=1S/C16H24O2/c17-16-15(13-9-5-2-6-10-13)14(18-16)11-12-7-3-1-4-8-12/h11-13,17H,1-10H2/b14-11-. The van der Waals surface area contributed by atoms with Crippen molar-refractivity contribution in [2.24, 2.45) is 11.8 Å². The lowest BCUT2D eigenvalue weighted by Gasteiger charge is -2.32. The highest BCUT2D eigenvalue weighted by atomic mass is 16.6. The number of rotatable bonds is 2. The Kier molecular flexibility index (Phi) is 3.62. The molecule has 2 nitrogen and oxygen atoms in total. The summed E-state index contributed by atoms with van der Waals surface area (Å²) in [6, 6.07) is 0. The Hall–Kier alpha value is -0.920. The number of aliphatic hydroxyl groups is 1. The second kappa shape index (κ2) is 5.38. The maximum absolute atomic E-state index is 9.78. The lowest BCUT2D eigenvalue weighted by Crippen LogP contribution is -2.22. The number of hydrogen-bond donors (Lipinski definition) is 1. The van der Waals surface area contributed by atoms with Gasteiger partial charge < -0.3 is 9.84 Å². The summed E-state index contributed by atoms with van der Waals surface area (Å²) < 4.78 is 5.40. The molecule has 0 unspecified atom stereocenters. The molecule has 0 spiro atoms. The molecule has 18 heavy (non-hydrogen) atoms. The molecule has 0 bridgehead atoms. The van der Waals surface area contributed by atoms with Gasteiger partial charge in [-0.15, -0.1) is 0 Å². The van der Waals surface area contributed by atoms with Crippen LogP contribution in [0.1, 0.15) is 64.2 Å². The van der Waals surface area contributed by atoms with E-state index in [1.165, 1.54) is 64.2 Å². The molecule has 0 atom stereocenters. The Labute approximate surface area is 110 Å². The summed E-state index contributed by atoms with van der Waals surface area (Å²) in [5.41, 5.74) is 1.14. The fourth-order valence-corrected chi connectivity index (χ4v) is 3.68. The molecule has 100 valence electrons. The molecule has 0 aromatic heterocycles. The van der Waals surface area contributed by atoms with E-state index in [2.05, 4.69) is 6.08 Å². The zero-order valence-corrected chi connectivity index (χ0v) is 11.2. The maximum Gasteiger partial charge on any atom is 0.289 e. The van der Waals surface area contributed by atoms with Crippen LogP contribution in [0.2, 0.25) is 0 Å². The fourth-order valence-electron chi connectivity index (χ4n) is 3.68. The smallest absolute Gasteiger partial charge is 0.289 e. The predicted molar refractivity (Wildman–Crippen MR) is 72.0 cm³/mol. The van der Waals surface area contributed by atoms with Crippen LogP contribution in [0.3, 0.4) is 0 Å². The summed E-state index contributed by atoms with van der Waals surface area (Å²) in [6.45, 7) is 0. The van der Waals surface area contributed by atoms with Gasteiger partial charge in [-0.2, -0.15) is 0 Å². The van der Waals surface area contributed by atoms with Crippen LogP contribution < -0.4 is 0 Å². The summed E-state index contributed by atoms with van der Waals surface area (Å²) in [6.07, 6.45) is 15.4. The van der Waals surface area contributed by atoms with Crippen LogP contribution in [0.4, 0.5) is 0 Å². The first-order chi connectivity index (χ1) is 8.84. The van der Waals surface area contributed by atoms with E-state index in [1.807, 2.05) is 0 Å². The summed E-state index contributed by atoms with van der Waals surface area (Å²) in [5.74, 6) is 2.46. The second-order valence-electron chi connectivity index (χ2n) is 6.08. The van der Waals surface area contributed by atoms with E-state index in [-0.39, 0.29) is 5.95 Å². The molecule has 0 amide bonds. The van der Waals surface area contributed by atoms with E-state index in [9.17, 15) is 5.11 Å². The monoisotopic (exact) mass is 248 g/mol. The molecule has 1 heterocycles. The van der Waals surface area contributed by atoms with Crippen LogP contribution in [-0.2, 0) is 4.74 Å². The molecule has 1 N–H and O–H groups in total. The molecule has 0 aromatic carbocycles. The first-order valence-corrected chi connectivity index (χ1v) is 7.68. The Morgan fingerprint density at radius 2 is 1.50 bits per heavy atom. The molecule has 2 saturated carbocycles. The highest BCUT2D eigenvalue weighted by Crippen LogP contribution is 2.42. The third-order valence-electron chi connectivity index (χ3n) is 4.75. The van der Waals surface area contributed by atoms with Crippen LogP contribution >= 0.6 is 0 Å². The number of ether oxygens (including phenoxy) is 1. The van der Waals surface area contributed by atoms with Crippen molar-refractivity contribution >= 4 is 0 Å². The topological polar surface area (TPSA) is 29.5 Å². The molecule has 0 saturated heterocycles. The minimum Gasteiger partial charge on any atom is -0.480 e. The Morgan fingerprint density at radius 1 is 0.889 bits per heavy atom. The average molecular weight is 248 g/mol. The van der Waals surface area contributed by atoms with Gasteiger partial charge in [-0.3, -0.25) is 0 Å². The number of hydrogen-bond acceptors (Lipinski definition) is 2. The fraction of sp³-hybridized carbons (Fsp3) is 0.750. The summed E-state index contributed by atoms with van der Waals surface area (Å²) in [4.78, 5) is 0. The van der Waals surface area contributed by atoms with Gasteiger partial charge in [0.25, 0.3) is 5.95 Å². The third kappa shape index (κ3) is 2.43. The third-order valence-corrected chi connectivity index (χ3v) is 4.75. The molecule has 2 heteroatoms. The van der Waals surface area contributed by atoms with Gasteiger partial charge >= 0.3 is 0 Å². The van der Waals surface area contributed by atoms with Crippen LogP contribution in [0.15, 0.2) is 23.4 Å². The zero-order chi connectivity index (χ0) is 12.4. The van der Waals surface area contributed by atoms with E-state index < -0.39 is 0 Å². The van der Waals surface area contributed by atoms with Crippen LogP contribution in [0.5, 0.6) is 0 Å². The average Bonchev–Trinajstić information content (AvgIpc) is 2.40. The van der Waals surface area contributed by atoms with Crippen molar-refractivity contribution in [3.8, 4) is 0 Å². The minimum absolute atomic E-state index is 0.212. The van der Waals surface area contributed by atoms with Gasteiger partial charge in [-0.05, 0) is 43.6 Å². The van der Waals surface area contributed by atoms with Gasteiger partial charge in [-0.25, -0.2) is 0 Å². The first kappa shape index (κ1) is 12.1. The van der Waals surface area contributed by atoms with Crippen molar-refractivity contribution in [3.63, 3.8) is 0 Å². The van der Waals surface area contributed by atoms with Gasteiger partial charge in [-0.1, -0.05) is 38.5 Å². The van der Waals surface area contributed by atoms with Crippen molar-refractivity contribution in [1.29, 1.82) is 0 Å². The summed E-state index contributed by atoms with van der Waals surface area (Å²) in [7, 11) is 0. The largest absolute Gasteiger partial charge is 0.480 e. The number of aliphatic hydroxyl groups excluding tert-OH is 1. The highest BCUT2D eigenvalue weighted by Gasteiger charge is 2.34. The lowest BCUT2D eigenvalue weighted by atomic mass is 9.80. The maximum atomic E-state index is 9.78. The second-order valence-corrected chi connectivity index (χ2v) is 6.08. The molecule has 0 aromatic rings. The van der Waals surface area contributed by atoms with Gasteiger partial charge in [0.15, 0.2) is 0 Å². The molecule has 2 fully saturated rings. The molecule has 3 rings (SSSR count). The summed E-state index contributed by atoms with van der Waals surface area (Å²) >= 11 is 0. The quantitative estimate of drug-likeness (QED) is 0.758. The van der Waals surface area contributed by atoms with E-state index >= 15 is 0 Å². The van der Waals surface area contributed by atoms with Gasteiger partial charge in [0.05, 0.1) is 5.57 Å². The Balaban J connectivity index is 1.68. The SMILES string of the molecule is OC1=C(C2CCCCC2)/C(=C/C2CCCCC2)O1. The molecular weight excluding hydrogens is 224 g/mol.